The van der Waals surface area contributed by atoms with E-state index in [1.54, 1.807) is 17.1 Å². The molecule has 1 aromatic carbocycles. The maximum atomic E-state index is 12.9. The zero-order valence-corrected chi connectivity index (χ0v) is 12.8. The maximum absolute atomic E-state index is 12.9. The third-order valence-electron chi connectivity index (χ3n) is 3.89. The van der Waals surface area contributed by atoms with E-state index in [0.717, 1.165) is 0 Å². The topological polar surface area (TPSA) is 68.1 Å². The van der Waals surface area contributed by atoms with E-state index in [2.05, 4.69) is 10.3 Å². The molecular formula is C14H17FN4O2S. The summed E-state index contributed by atoms with van der Waals surface area (Å²) in [5.41, 5.74) is 0.597. The summed E-state index contributed by atoms with van der Waals surface area (Å²) in [5.74, 6) is -0.462. The van der Waals surface area contributed by atoms with Crippen LogP contribution < -0.4 is 0 Å². The Morgan fingerprint density at radius 2 is 1.86 bits per heavy atom. The Bertz CT molecular complexity index is 708. The van der Waals surface area contributed by atoms with Gasteiger partial charge < -0.3 is 0 Å². The van der Waals surface area contributed by atoms with Crippen molar-refractivity contribution in [2.75, 3.05) is 13.1 Å². The van der Waals surface area contributed by atoms with Gasteiger partial charge in [-0.15, -0.1) is 5.10 Å². The molecule has 22 heavy (non-hydrogen) atoms. The van der Waals surface area contributed by atoms with Gasteiger partial charge in [0.25, 0.3) is 0 Å². The summed E-state index contributed by atoms with van der Waals surface area (Å²) in [5, 5.41) is 7.74. The highest BCUT2D eigenvalue weighted by Gasteiger charge is 2.29. The second-order valence-electron chi connectivity index (χ2n) is 5.40. The van der Waals surface area contributed by atoms with Gasteiger partial charge in [0.1, 0.15) is 5.82 Å². The van der Waals surface area contributed by atoms with Crippen LogP contribution in [0.2, 0.25) is 0 Å². The van der Waals surface area contributed by atoms with Gasteiger partial charge in [-0.3, -0.25) is 0 Å². The van der Waals surface area contributed by atoms with E-state index in [0.29, 0.717) is 31.5 Å². The van der Waals surface area contributed by atoms with Gasteiger partial charge in [-0.25, -0.2) is 21.8 Å². The number of nitrogens with zero attached hydrogens (tertiary/aromatic N) is 4. The first-order valence-corrected chi connectivity index (χ1v) is 8.73. The lowest BCUT2D eigenvalue weighted by atomic mass is 10.1. The molecule has 1 saturated heterocycles. The molecule has 0 radical (unpaired) electrons. The van der Waals surface area contributed by atoms with E-state index in [-0.39, 0.29) is 17.6 Å². The Labute approximate surface area is 128 Å². The summed E-state index contributed by atoms with van der Waals surface area (Å²) in [6.07, 6.45) is 4.85. The molecule has 0 atom stereocenters. The average Bonchev–Trinajstić information content (AvgIpc) is 3.04. The summed E-state index contributed by atoms with van der Waals surface area (Å²) < 4.78 is 41.0. The SMILES string of the molecule is O=S(=O)(Cc1ccc(F)cc1)N1CCC(n2ccnn2)CC1. The molecular weight excluding hydrogens is 307 g/mol. The molecule has 118 valence electrons. The summed E-state index contributed by atoms with van der Waals surface area (Å²) >= 11 is 0. The molecule has 1 aromatic heterocycles. The van der Waals surface area contributed by atoms with Gasteiger partial charge in [0.05, 0.1) is 18.0 Å². The monoisotopic (exact) mass is 324 g/mol. The van der Waals surface area contributed by atoms with Crippen LogP contribution in [-0.2, 0) is 15.8 Å². The van der Waals surface area contributed by atoms with Gasteiger partial charge in [0.15, 0.2) is 0 Å². The largest absolute Gasteiger partial charge is 0.249 e. The Kier molecular flexibility index (Phi) is 4.21. The number of hydrogen-bond donors (Lipinski definition) is 0. The third kappa shape index (κ3) is 3.33. The van der Waals surface area contributed by atoms with Gasteiger partial charge in [0, 0.05) is 19.3 Å². The van der Waals surface area contributed by atoms with Crippen molar-refractivity contribution in [3.63, 3.8) is 0 Å². The molecule has 0 amide bonds. The molecule has 2 heterocycles. The van der Waals surface area contributed by atoms with Crippen molar-refractivity contribution in [3.8, 4) is 0 Å². The van der Waals surface area contributed by atoms with Gasteiger partial charge in [-0.2, -0.15) is 0 Å². The number of benzene rings is 1. The third-order valence-corrected chi connectivity index (χ3v) is 5.74. The molecule has 1 aliphatic rings. The van der Waals surface area contributed by atoms with Gasteiger partial charge in [-0.1, -0.05) is 17.3 Å². The first-order chi connectivity index (χ1) is 10.5. The van der Waals surface area contributed by atoms with Crippen LogP contribution in [0.5, 0.6) is 0 Å². The van der Waals surface area contributed by atoms with E-state index < -0.39 is 10.0 Å². The predicted octanol–water partition coefficient (Wildman–Crippen LogP) is 1.58. The fraction of sp³-hybridized carbons (Fsp3) is 0.429. The quantitative estimate of drug-likeness (QED) is 0.856. The summed E-state index contributed by atoms with van der Waals surface area (Å²) in [6, 6.07) is 5.77. The Hall–Kier alpha value is -1.80. The van der Waals surface area contributed by atoms with E-state index in [1.807, 2.05) is 0 Å². The first kappa shape index (κ1) is 15.1. The summed E-state index contributed by atoms with van der Waals surface area (Å²) in [6.45, 7) is 0.933. The molecule has 0 aliphatic carbocycles. The van der Waals surface area contributed by atoms with E-state index >= 15 is 0 Å². The highest BCUT2D eigenvalue weighted by Crippen LogP contribution is 2.24. The first-order valence-electron chi connectivity index (χ1n) is 7.13. The van der Waals surface area contributed by atoms with Crippen LogP contribution in [0.3, 0.4) is 0 Å². The molecule has 1 aliphatic heterocycles. The summed E-state index contributed by atoms with van der Waals surface area (Å²) in [7, 11) is -3.38. The molecule has 0 spiro atoms. The lowest BCUT2D eigenvalue weighted by molar-refractivity contribution is 0.258. The number of aromatic nitrogens is 3. The zero-order valence-electron chi connectivity index (χ0n) is 12.0. The van der Waals surface area contributed by atoms with Crippen molar-refractivity contribution in [1.82, 2.24) is 19.3 Å². The smallest absolute Gasteiger partial charge is 0.218 e. The number of sulfonamides is 1. The van der Waals surface area contributed by atoms with E-state index in [9.17, 15) is 12.8 Å². The maximum Gasteiger partial charge on any atom is 0.218 e. The lowest BCUT2D eigenvalue weighted by Gasteiger charge is -2.31. The Morgan fingerprint density at radius 3 is 2.45 bits per heavy atom. The standard InChI is InChI=1S/C14H17FN4O2S/c15-13-3-1-12(2-4-13)11-22(20,21)18-8-5-14(6-9-18)19-10-7-16-17-19/h1-4,7,10,14H,5-6,8-9,11H2. The van der Waals surface area contributed by atoms with Crippen molar-refractivity contribution in [3.05, 3.63) is 48.0 Å². The molecule has 0 unspecified atom stereocenters. The minimum atomic E-state index is -3.38. The summed E-state index contributed by atoms with van der Waals surface area (Å²) in [4.78, 5) is 0. The molecule has 2 aromatic rings. The second kappa shape index (κ2) is 6.13. The number of rotatable bonds is 4. The fourth-order valence-corrected chi connectivity index (χ4v) is 4.24. The average molecular weight is 324 g/mol. The van der Waals surface area contributed by atoms with Crippen LogP contribution in [0.15, 0.2) is 36.7 Å². The van der Waals surface area contributed by atoms with Crippen LogP contribution in [0.25, 0.3) is 0 Å². The molecule has 3 rings (SSSR count). The van der Waals surface area contributed by atoms with Crippen molar-refractivity contribution in [2.24, 2.45) is 0 Å². The highest BCUT2D eigenvalue weighted by atomic mass is 32.2. The number of halogens is 1. The van der Waals surface area contributed by atoms with Crippen molar-refractivity contribution >= 4 is 10.0 Å². The van der Waals surface area contributed by atoms with Crippen LogP contribution >= 0.6 is 0 Å². The van der Waals surface area contributed by atoms with Crippen LogP contribution in [-0.4, -0.2) is 40.8 Å². The van der Waals surface area contributed by atoms with Crippen molar-refractivity contribution in [2.45, 2.75) is 24.6 Å². The number of piperidine rings is 1. The number of hydrogen-bond acceptors (Lipinski definition) is 4. The van der Waals surface area contributed by atoms with E-state index in [1.165, 1.54) is 28.6 Å². The van der Waals surface area contributed by atoms with E-state index in [4.69, 9.17) is 0 Å². The molecule has 0 bridgehead atoms. The Balaban J connectivity index is 1.63. The molecule has 8 heteroatoms. The molecule has 1 fully saturated rings. The van der Waals surface area contributed by atoms with Gasteiger partial charge >= 0.3 is 0 Å². The highest BCUT2D eigenvalue weighted by molar-refractivity contribution is 7.88. The minimum Gasteiger partial charge on any atom is -0.249 e. The predicted molar refractivity (Wildman–Crippen MR) is 78.9 cm³/mol. The van der Waals surface area contributed by atoms with Gasteiger partial charge in [0.2, 0.25) is 10.0 Å². The molecule has 0 saturated carbocycles. The normalized spacial score (nSPS) is 17.7. The Morgan fingerprint density at radius 1 is 1.18 bits per heavy atom. The van der Waals surface area contributed by atoms with Gasteiger partial charge in [-0.05, 0) is 30.5 Å². The van der Waals surface area contributed by atoms with Crippen molar-refractivity contribution in [1.29, 1.82) is 0 Å². The lowest BCUT2D eigenvalue weighted by Crippen LogP contribution is -2.39. The van der Waals surface area contributed by atoms with Crippen molar-refractivity contribution < 1.29 is 12.8 Å². The van der Waals surface area contributed by atoms with Crippen LogP contribution in [0, 0.1) is 5.82 Å². The molecule has 0 N–H and O–H groups in total. The fourth-order valence-electron chi connectivity index (χ4n) is 2.68. The minimum absolute atomic E-state index is 0.0960. The van der Waals surface area contributed by atoms with Crippen LogP contribution in [0.1, 0.15) is 24.4 Å². The van der Waals surface area contributed by atoms with Crippen LogP contribution in [0.4, 0.5) is 4.39 Å². The zero-order chi connectivity index (χ0) is 15.6. The second-order valence-corrected chi connectivity index (χ2v) is 7.36. The molecule has 6 nitrogen and oxygen atoms in total.